The van der Waals surface area contributed by atoms with Crippen molar-refractivity contribution in [2.24, 2.45) is 11.8 Å². The Balaban J connectivity index is 1.58. The maximum Gasteiger partial charge on any atom is 0.223 e. The zero-order chi connectivity index (χ0) is 18.1. The summed E-state index contributed by atoms with van der Waals surface area (Å²) in [5, 5.41) is 5.20. The van der Waals surface area contributed by atoms with Gasteiger partial charge in [0.05, 0.1) is 7.11 Å². The molecule has 26 heavy (non-hydrogen) atoms. The Morgan fingerprint density at radius 2 is 1.88 bits per heavy atom. The Kier molecular flexibility index (Phi) is 4.66. The highest BCUT2D eigenvalue weighted by molar-refractivity contribution is 6.03. The molecule has 2 fully saturated rings. The van der Waals surface area contributed by atoms with Crippen LogP contribution in [0.15, 0.2) is 30.3 Å². The van der Waals surface area contributed by atoms with Gasteiger partial charge in [-0.25, -0.2) is 0 Å². The molecule has 136 valence electrons. The van der Waals surface area contributed by atoms with Crippen LogP contribution in [0.3, 0.4) is 0 Å². The van der Waals surface area contributed by atoms with Crippen molar-refractivity contribution in [3.8, 4) is 5.75 Å². The zero-order valence-corrected chi connectivity index (χ0v) is 15.2. The lowest BCUT2D eigenvalue weighted by Gasteiger charge is -2.24. The molecule has 0 radical (unpaired) electrons. The third kappa shape index (κ3) is 3.46. The number of methoxy groups -OCH3 is 1. The van der Waals surface area contributed by atoms with E-state index in [4.69, 9.17) is 4.74 Å². The number of carbonyl (C=O) groups is 2. The first-order valence-electron chi connectivity index (χ1n) is 9.58. The van der Waals surface area contributed by atoms with E-state index in [1.54, 1.807) is 7.11 Å². The molecule has 2 aromatic carbocycles. The first-order valence-corrected chi connectivity index (χ1v) is 9.58. The summed E-state index contributed by atoms with van der Waals surface area (Å²) in [7, 11) is 1.66. The summed E-state index contributed by atoms with van der Waals surface area (Å²) in [5.74, 6) is 1.64. The van der Waals surface area contributed by atoms with E-state index in [1.165, 1.54) is 0 Å². The summed E-state index contributed by atoms with van der Waals surface area (Å²) in [6, 6.07) is 9.96. The minimum Gasteiger partial charge on any atom is -0.497 e. The number of ether oxygens (including phenoxy) is 1. The van der Waals surface area contributed by atoms with Crippen molar-refractivity contribution in [1.29, 1.82) is 0 Å². The summed E-state index contributed by atoms with van der Waals surface area (Å²) >= 11 is 0. The van der Waals surface area contributed by atoms with Gasteiger partial charge in [0.2, 0.25) is 5.91 Å². The number of benzene rings is 2. The predicted octanol–water partition coefficient (Wildman–Crippen LogP) is 3.90. The van der Waals surface area contributed by atoms with Gasteiger partial charge in [0.25, 0.3) is 0 Å². The van der Waals surface area contributed by atoms with Crippen LogP contribution < -0.4 is 10.1 Å². The maximum absolute atomic E-state index is 12.5. The van der Waals surface area contributed by atoms with Gasteiger partial charge >= 0.3 is 0 Å². The van der Waals surface area contributed by atoms with Crippen molar-refractivity contribution in [2.45, 2.75) is 38.5 Å². The predicted molar refractivity (Wildman–Crippen MR) is 102 cm³/mol. The van der Waals surface area contributed by atoms with Crippen molar-refractivity contribution in [3.63, 3.8) is 0 Å². The topological polar surface area (TPSA) is 55.4 Å². The van der Waals surface area contributed by atoms with Gasteiger partial charge in [-0.1, -0.05) is 12.5 Å². The van der Waals surface area contributed by atoms with Crippen molar-refractivity contribution in [3.05, 3.63) is 41.5 Å². The third-order valence-electron chi connectivity index (χ3n) is 5.65. The van der Waals surface area contributed by atoms with Crippen LogP contribution in [-0.4, -0.2) is 25.3 Å². The summed E-state index contributed by atoms with van der Waals surface area (Å²) in [5.41, 5.74) is 1.89. The van der Waals surface area contributed by atoms with Gasteiger partial charge in [0.1, 0.15) is 5.75 Å². The highest BCUT2D eigenvalue weighted by Gasteiger charge is 2.30. The van der Waals surface area contributed by atoms with E-state index in [-0.39, 0.29) is 23.5 Å². The molecule has 2 saturated carbocycles. The molecule has 0 aromatic heterocycles. The molecule has 2 aliphatic rings. The lowest BCUT2D eigenvalue weighted by atomic mass is 9.85. The van der Waals surface area contributed by atoms with E-state index in [9.17, 15) is 9.59 Å². The molecule has 2 aromatic rings. The number of nitrogens with one attached hydrogen (secondary N) is 1. The zero-order valence-electron chi connectivity index (χ0n) is 15.2. The molecule has 4 nitrogen and oxygen atoms in total. The quantitative estimate of drug-likeness (QED) is 0.770. The van der Waals surface area contributed by atoms with Crippen LogP contribution in [0.1, 0.15) is 48.0 Å². The molecular weight excluding hydrogens is 326 g/mol. The number of fused-ring (bicyclic) bond motifs is 1. The minimum atomic E-state index is 0.170. The molecule has 0 unspecified atom stereocenters. The summed E-state index contributed by atoms with van der Waals surface area (Å²) in [6.45, 7) is 0.600. The Hall–Kier alpha value is -2.36. The van der Waals surface area contributed by atoms with Gasteiger partial charge in [-0.15, -0.1) is 0 Å². The Morgan fingerprint density at radius 1 is 1.08 bits per heavy atom. The monoisotopic (exact) mass is 351 g/mol. The van der Waals surface area contributed by atoms with Gasteiger partial charge in [0, 0.05) is 23.9 Å². The fourth-order valence-electron chi connectivity index (χ4n) is 3.61. The van der Waals surface area contributed by atoms with Crippen molar-refractivity contribution in [1.82, 2.24) is 5.32 Å². The van der Waals surface area contributed by atoms with E-state index < -0.39 is 0 Å². The number of Topliss-reactive ketones (excluding diaryl/α,β-unsaturated/α-hetero) is 1. The number of carbonyl (C=O) groups excluding carboxylic acids is 2. The highest BCUT2D eigenvalue weighted by atomic mass is 16.5. The molecule has 0 saturated heterocycles. The third-order valence-corrected chi connectivity index (χ3v) is 5.65. The van der Waals surface area contributed by atoms with Crippen LogP contribution in [0.2, 0.25) is 0 Å². The van der Waals surface area contributed by atoms with Gasteiger partial charge in [-0.05, 0) is 72.7 Å². The van der Waals surface area contributed by atoms with Crippen LogP contribution in [0.5, 0.6) is 5.75 Å². The van der Waals surface area contributed by atoms with Gasteiger partial charge < -0.3 is 10.1 Å². The summed E-state index contributed by atoms with van der Waals surface area (Å²) < 4.78 is 5.36. The fraction of sp³-hybridized carbons (Fsp3) is 0.455. The highest BCUT2D eigenvalue weighted by Crippen LogP contribution is 2.34. The van der Waals surface area contributed by atoms with Gasteiger partial charge in [-0.3, -0.25) is 9.59 Å². The molecule has 1 N–H and O–H groups in total. The summed E-state index contributed by atoms with van der Waals surface area (Å²) in [6.07, 6.45) is 5.91. The van der Waals surface area contributed by atoms with Gasteiger partial charge in [0.15, 0.2) is 5.78 Å². The van der Waals surface area contributed by atoms with Crippen molar-refractivity contribution in [2.75, 3.05) is 13.7 Å². The number of rotatable bonds is 7. The average Bonchev–Trinajstić information content (AvgIpc) is 3.44. The standard InChI is InChI=1S/C22H25NO3/c1-26-19-8-7-16-11-18(21(24)14-5-6-14)12-17(20(16)13-19)9-10-23-22(25)15-3-2-4-15/h7-8,11-15H,2-6,9-10H2,1H3,(H,23,25). The van der Waals surface area contributed by atoms with Crippen LogP contribution in [0.4, 0.5) is 0 Å². The maximum atomic E-state index is 12.5. The normalized spacial score (nSPS) is 17.0. The molecule has 4 heteroatoms. The molecule has 0 aliphatic heterocycles. The van der Waals surface area contributed by atoms with Crippen LogP contribution >= 0.6 is 0 Å². The van der Waals surface area contributed by atoms with Crippen LogP contribution in [0.25, 0.3) is 10.8 Å². The molecule has 1 amide bonds. The number of ketones is 1. The second-order valence-corrected chi connectivity index (χ2v) is 7.53. The van der Waals surface area contributed by atoms with Gasteiger partial charge in [-0.2, -0.15) is 0 Å². The van der Waals surface area contributed by atoms with E-state index in [0.29, 0.717) is 13.0 Å². The number of hydrogen-bond acceptors (Lipinski definition) is 3. The smallest absolute Gasteiger partial charge is 0.223 e. The Bertz CT molecular complexity index is 850. The van der Waals surface area contributed by atoms with E-state index >= 15 is 0 Å². The lowest BCUT2D eigenvalue weighted by molar-refractivity contribution is -0.127. The second kappa shape index (κ2) is 7.10. The van der Waals surface area contributed by atoms with Crippen LogP contribution in [0, 0.1) is 11.8 Å². The molecule has 0 heterocycles. The first-order chi connectivity index (χ1) is 12.7. The minimum absolute atomic E-state index is 0.170. The fourth-order valence-corrected chi connectivity index (χ4v) is 3.61. The number of hydrogen-bond donors (Lipinski definition) is 1. The molecular formula is C22H25NO3. The molecule has 2 aliphatic carbocycles. The molecule has 4 rings (SSSR count). The number of amides is 1. The molecule has 0 bridgehead atoms. The van der Waals surface area contributed by atoms with E-state index in [2.05, 4.69) is 5.32 Å². The molecule has 0 spiro atoms. The van der Waals surface area contributed by atoms with E-state index in [0.717, 1.165) is 59.8 Å². The van der Waals surface area contributed by atoms with Crippen LogP contribution in [-0.2, 0) is 11.2 Å². The van der Waals surface area contributed by atoms with Crippen molar-refractivity contribution >= 4 is 22.5 Å². The van der Waals surface area contributed by atoms with Crippen molar-refractivity contribution < 1.29 is 14.3 Å². The first kappa shape index (κ1) is 17.1. The van der Waals surface area contributed by atoms with E-state index in [1.807, 2.05) is 30.3 Å². The largest absolute Gasteiger partial charge is 0.497 e. The lowest BCUT2D eigenvalue weighted by Crippen LogP contribution is -2.35. The SMILES string of the molecule is COc1ccc2cc(C(=O)C3CC3)cc(CCNC(=O)C3CCC3)c2c1. The Morgan fingerprint density at radius 3 is 2.54 bits per heavy atom. The second-order valence-electron chi connectivity index (χ2n) is 7.53. The summed E-state index contributed by atoms with van der Waals surface area (Å²) in [4.78, 5) is 24.6. The molecule has 0 atom stereocenters. The Labute approximate surface area is 153 Å². The average molecular weight is 351 g/mol.